The first-order chi connectivity index (χ1) is 14.2. The lowest BCUT2D eigenvalue weighted by Crippen LogP contribution is -2.31. The Balaban J connectivity index is 1.71. The third-order valence-electron chi connectivity index (χ3n) is 4.45. The van der Waals surface area contributed by atoms with E-state index >= 15 is 0 Å². The largest absolute Gasteiger partial charge is 0.491 e. The van der Waals surface area contributed by atoms with Crippen LogP contribution in [0, 0.1) is 0 Å². The van der Waals surface area contributed by atoms with Gasteiger partial charge in [-0.25, -0.2) is 0 Å². The van der Waals surface area contributed by atoms with Gasteiger partial charge < -0.3 is 14.6 Å². The van der Waals surface area contributed by atoms with Crippen molar-refractivity contribution >= 4 is 34.4 Å². The lowest BCUT2D eigenvalue weighted by atomic mass is 10.1. The molecule has 2 N–H and O–H groups in total. The van der Waals surface area contributed by atoms with Crippen LogP contribution >= 0.6 is 12.2 Å². The molecule has 3 rings (SSSR count). The molecular weight excluding hydrogens is 380 g/mol. The first-order valence-electron chi connectivity index (χ1n) is 9.69. The number of fused-ring (bicyclic) bond motifs is 1. The Morgan fingerprint density at radius 1 is 1.21 bits per heavy atom. The Morgan fingerprint density at radius 3 is 2.83 bits per heavy atom. The fourth-order valence-corrected chi connectivity index (χ4v) is 3.34. The van der Waals surface area contributed by atoms with Crippen molar-refractivity contribution in [1.29, 1.82) is 0 Å². The third kappa shape index (κ3) is 5.45. The molecule has 0 aliphatic heterocycles. The average Bonchev–Trinajstić information content (AvgIpc) is 3.08. The smallest absolute Gasteiger partial charge is 0.186 e. The molecule has 0 unspecified atom stereocenters. The van der Waals surface area contributed by atoms with Crippen LogP contribution < -0.4 is 15.5 Å². The highest BCUT2D eigenvalue weighted by molar-refractivity contribution is 7.80. The van der Waals surface area contributed by atoms with Crippen LogP contribution in [-0.2, 0) is 13.0 Å². The monoisotopic (exact) mass is 406 g/mol. The molecular formula is C23H26N4OS. The minimum atomic E-state index is 0.513. The van der Waals surface area contributed by atoms with E-state index in [0.717, 1.165) is 47.3 Å². The van der Waals surface area contributed by atoms with Crippen molar-refractivity contribution in [3.63, 3.8) is 0 Å². The SMILES string of the molecule is C=CCc1ccccc1OCCn1cc(/C=N/NC(=S)NCC)c2ccccc21. The third-order valence-corrected chi connectivity index (χ3v) is 4.69. The molecule has 0 aliphatic carbocycles. The van der Waals surface area contributed by atoms with Crippen molar-refractivity contribution in [2.24, 2.45) is 5.10 Å². The maximum atomic E-state index is 6.05. The van der Waals surface area contributed by atoms with Crippen LogP contribution in [0.4, 0.5) is 0 Å². The van der Waals surface area contributed by atoms with Gasteiger partial charge in [-0.05, 0) is 43.3 Å². The molecule has 0 fully saturated rings. The average molecular weight is 407 g/mol. The number of nitrogens with zero attached hydrogens (tertiary/aromatic N) is 2. The first kappa shape index (κ1) is 20.6. The van der Waals surface area contributed by atoms with Crippen molar-refractivity contribution in [3.8, 4) is 5.75 Å². The molecule has 6 heteroatoms. The lowest BCUT2D eigenvalue weighted by molar-refractivity contribution is 0.298. The number of allylic oxidation sites excluding steroid dienone is 1. The van der Waals surface area contributed by atoms with Crippen molar-refractivity contribution in [3.05, 3.63) is 78.5 Å². The van der Waals surface area contributed by atoms with Gasteiger partial charge in [0, 0.05) is 29.2 Å². The molecule has 0 atom stereocenters. The minimum Gasteiger partial charge on any atom is -0.491 e. The molecule has 1 aromatic heterocycles. The fraction of sp³-hybridized carbons (Fsp3) is 0.217. The maximum absolute atomic E-state index is 6.05. The summed E-state index contributed by atoms with van der Waals surface area (Å²) in [4.78, 5) is 0. The summed E-state index contributed by atoms with van der Waals surface area (Å²) in [6.45, 7) is 7.88. The second kappa shape index (κ2) is 10.4. The highest BCUT2D eigenvalue weighted by Gasteiger charge is 2.07. The van der Waals surface area contributed by atoms with Crippen molar-refractivity contribution in [1.82, 2.24) is 15.3 Å². The highest BCUT2D eigenvalue weighted by Crippen LogP contribution is 2.21. The zero-order chi connectivity index (χ0) is 20.5. The van der Waals surface area contributed by atoms with Gasteiger partial charge in [0.15, 0.2) is 5.11 Å². The summed E-state index contributed by atoms with van der Waals surface area (Å²) in [7, 11) is 0. The van der Waals surface area contributed by atoms with Crippen LogP contribution in [0.2, 0.25) is 0 Å². The number of rotatable bonds is 9. The zero-order valence-corrected chi connectivity index (χ0v) is 17.4. The predicted octanol–water partition coefficient (Wildman–Crippen LogP) is 4.27. The van der Waals surface area contributed by atoms with E-state index in [1.54, 1.807) is 6.21 Å². The molecule has 0 saturated carbocycles. The van der Waals surface area contributed by atoms with E-state index < -0.39 is 0 Å². The topological polar surface area (TPSA) is 50.6 Å². The lowest BCUT2D eigenvalue weighted by Gasteiger charge is -2.11. The number of ether oxygens (including phenoxy) is 1. The summed E-state index contributed by atoms with van der Waals surface area (Å²) in [5.41, 5.74) is 6.16. The fourth-order valence-electron chi connectivity index (χ4n) is 3.15. The van der Waals surface area contributed by atoms with Gasteiger partial charge in [0.05, 0.1) is 12.8 Å². The number of hydrogen-bond donors (Lipinski definition) is 2. The number of thiocarbonyl (C=S) groups is 1. The molecule has 3 aromatic rings. The number of nitrogens with one attached hydrogen (secondary N) is 2. The molecule has 1 heterocycles. The molecule has 0 aliphatic rings. The van der Waals surface area contributed by atoms with Gasteiger partial charge in [-0.1, -0.05) is 42.5 Å². The molecule has 2 aromatic carbocycles. The molecule has 0 spiro atoms. The van der Waals surface area contributed by atoms with Gasteiger partial charge in [0.1, 0.15) is 12.4 Å². The van der Waals surface area contributed by atoms with Crippen LogP contribution in [0.5, 0.6) is 5.75 Å². The van der Waals surface area contributed by atoms with E-state index in [-0.39, 0.29) is 0 Å². The summed E-state index contributed by atoms with van der Waals surface area (Å²) >= 11 is 5.14. The second-order valence-corrected chi connectivity index (χ2v) is 6.88. The summed E-state index contributed by atoms with van der Waals surface area (Å²) in [5.74, 6) is 0.909. The van der Waals surface area contributed by atoms with Crippen LogP contribution in [-0.4, -0.2) is 29.0 Å². The van der Waals surface area contributed by atoms with Gasteiger partial charge in [-0.3, -0.25) is 5.43 Å². The Labute approximate surface area is 177 Å². The molecule has 0 saturated heterocycles. The van der Waals surface area contributed by atoms with Crippen molar-refractivity contribution < 1.29 is 4.74 Å². The van der Waals surface area contributed by atoms with Gasteiger partial charge in [-0.2, -0.15) is 5.10 Å². The quantitative estimate of drug-likeness (QED) is 0.241. The van der Waals surface area contributed by atoms with Gasteiger partial charge >= 0.3 is 0 Å². The van der Waals surface area contributed by atoms with Crippen molar-refractivity contribution in [2.45, 2.75) is 19.9 Å². The van der Waals surface area contributed by atoms with E-state index in [4.69, 9.17) is 17.0 Å². The Kier molecular flexibility index (Phi) is 7.41. The minimum absolute atomic E-state index is 0.513. The summed E-state index contributed by atoms with van der Waals surface area (Å²) in [6, 6.07) is 16.4. The standard InChI is InChI=1S/C23H26N4OS/c1-3-9-18-10-5-8-13-22(18)28-15-14-27-17-19(16-25-26-23(29)24-4-2)20-11-6-7-12-21(20)27/h3,5-8,10-13,16-17H,1,4,9,14-15H2,2H3,(H2,24,26,29)/b25-16+. The van der Waals surface area contributed by atoms with Gasteiger partial charge in [0.2, 0.25) is 0 Å². The normalized spacial score (nSPS) is 10.9. The van der Waals surface area contributed by atoms with Crippen LogP contribution in [0.25, 0.3) is 10.9 Å². The Morgan fingerprint density at radius 2 is 2.00 bits per heavy atom. The second-order valence-electron chi connectivity index (χ2n) is 6.47. The van der Waals surface area contributed by atoms with E-state index in [9.17, 15) is 0 Å². The zero-order valence-electron chi connectivity index (χ0n) is 16.6. The molecule has 0 bridgehead atoms. The van der Waals surface area contributed by atoms with Crippen LogP contribution in [0.15, 0.2) is 72.5 Å². The van der Waals surface area contributed by atoms with Gasteiger partial charge in [-0.15, -0.1) is 6.58 Å². The van der Waals surface area contributed by atoms with E-state index in [0.29, 0.717) is 11.7 Å². The number of para-hydroxylation sites is 2. The van der Waals surface area contributed by atoms with E-state index in [1.807, 2.05) is 43.3 Å². The number of benzene rings is 2. The Hall–Kier alpha value is -3.12. The Bertz CT molecular complexity index is 1010. The van der Waals surface area contributed by atoms with E-state index in [1.165, 1.54) is 0 Å². The van der Waals surface area contributed by atoms with Crippen molar-refractivity contribution in [2.75, 3.05) is 13.2 Å². The number of aromatic nitrogens is 1. The van der Waals surface area contributed by atoms with Crippen LogP contribution in [0.1, 0.15) is 18.1 Å². The van der Waals surface area contributed by atoms with Crippen LogP contribution in [0.3, 0.4) is 0 Å². The van der Waals surface area contributed by atoms with Gasteiger partial charge in [0.25, 0.3) is 0 Å². The molecule has 150 valence electrons. The molecule has 0 radical (unpaired) electrons. The number of hydrogen-bond acceptors (Lipinski definition) is 3. The summed E-state index contributed by atoms with van der Waals surface area (Å²) < 4.78 is 8.24. The van der Waals surface area contributed by atoms with E-state index in [2.05, 4.69) is 51.4 Å². The summed E-state index contributed by atoms with van der Waals surface area (Å²) in [6.07, 6.45) is 6.57. The molecule has 5 nitrogen and oxygen atoms in total. The maximum Gasteiger partial charge on any atom is 0.186 e. The first-order valence-corrected chi connectivity index (χ1v) is 10.1. The number of hydrazone groups is 1. The predicted molar refractivity (Wildman–Crippen MR) is 125 cm³/mol. The molecule has 29 heavy (non-hydrogen) atoms. The highest BCUT2D eigenvalue weighted by atomic mass is 32.1. The summed E-state index contributed by atoms with van der Waals surface area (Å²) in [5, 5.41) is 8.91. The molecule has 0 amide bonds.